The van der Waals surface area contributed by atoms with Crippen LogP contribution in [0, 0.1) is 0 Å². The van der Waals surface area contributed by atoms with Gasteiger partial charge in [-0.2, -0.15) is 0 Å². The van der Waals surface area contributed by atoms with Crippen LogP contribution in [0.3, 0.4) is 0 Å². The molecule has 0 unspecified atom stereocenters. The molecular weight excluding hydrogens is 647 g/mol. The highest BCUT2D eigenvalue weighted by Gasteiger charge is 2.38. The van der Waals surface area contributed by atoms with E-state index in [0.29, 0.717) is 5.82 Å². The molecule has 1 aliphatic carbocycles. The van der Waals surface area contributed by atoms with Crippen LogP contribution in [0.5, 0.6) is 0 Å². The minimum Gasteiger partial charge on any atom is -0.454 e. The Labute approximate surface area is 306 Å². The van der Waals surface area contributed by atoms with Crippen LogP contribution in [0.2, 0.25) is 0 Å². The van der Waals surface area contributed by atoms with Gasteiger partial charge in [0.2, 0.25) is 0 Å². The van der Waals surface area contributed by atoms with E-state index in [1.165, 1.54) is 33.3 Å². The molecule has 3 aromatic heterocycles. The van der Waals surface area contributed by atoms with Crippen molar-refractivity contribution in [2.45, 2.75) is 19.3 Å². The molecule has 10 aromatic rings. The van der Waals surface area contributed by atoms with Crippen LogP contribution in [-0.4, -0.2) is 14.5 Å². The second-order valence-electron chi connectivity index (χ2n) is 14.5. The molecule has 0 fully saturated rings. The Bertz CT molecular complexity index is 3020. The summed E-state index contributed by atoms with van der Waals surface area (Å²) in [5.74, 6) is 0.666. The van der Waals surface area contributed by atoms with E-state index in [1.807, 2.05) is 12.1 Å². The molecule has 0 saturated carbocycles. The number of furan rings is 1. The van der Waals surface area contributed by atoms with Gasteiger partial charge in [-0.25, -0.2) is 9.97 Å². The van der Waals surface area contributed by atoms with Crippen LogP contribution in [-0.2, 0) is 5.41 Å². The van der Waals surface area contributed by atoms with Gasteiger partial charge in [0.15, 0.2) is 11.4 Å². The van der Waals surface area contributed by atoms with E-state index >= 15 is 0 Å². The van der Waals surface area contributed by atoms with Crippen LogP contribution >= 0.6 is 0 Å². The SMILES string of the molecule is CC1(C)c2ccccc2-c2cccc(-n3c4ccccc4c4ccc5c(oc6cccc(-c7nc(-c8ccccc8)cc(-c8ccccc8)n7)c65)c43)c21. The lowest BCUT2D eigenvalue weighted by molar-refractivity contribution is 0.655. The van der Waals surface area contributed by atoms with Gasteiger partial charge in [-0.15, -0.1) is 0 Å². The number of rotatable bonds is 4. The smallest absolute Gasteiger partial charge is 0.161 e. The van der Waals surface area contributed by atoms with Crippen molar-refractivity contribution in [2.75, 3.05) is 0 Å². The van der Waals surface area contributed by atoms with Crippen molar-refractivity contribution in [1.82, 2.24) is 14.5 Å². The van der Waals surface area contributed by atoms with Crippen LogP contribution in [0.4, 0.5) is 0 Å². The Morgan fingerprint density at radius 2 is 1.15 bits per heavy atom. The molecule has 4 nitrogen and oxygen atoms in total. The average molecular weight is 680 g/mol. The minimum atomic E-state index is -0.188. The quantitative estimate of drug-likeness (QED) is 0.186. The summed E-state index contributed by atoms with van der Waals surface area (Å²) in [4.78, 5) is 10.4. The molecule has 0 saturated heterocycles. The van der Waals surface area contributed by atoms with Gasteiger partial charge in [-0.1, -0.05) is 147 Å². The first-order valence-electron chi connectivity index (χ1n) is 18.2. The number of fused-ring (bicyclic) bond motifs is 10. The predicted octanol–water partition coefficient (Wildman–Crippen LogP) is 12.8. The molecule has 250 valence electrons. The van der Waals surface area contributed by atoms with E-state index in [4.69, 9.17) is 14.4 Å². The Balaban J connectivity index is 1.21. The zero-order chi connectivity index (χ0) is 35.3. The largest absolute Gasteiger partial charge is 0.454 e. The monoisotopic (exact) mass is 679 g/mol. The molecule has 3 heterocycles. The van der Waals surface area contributed by atoms with Gasteiger partial charge in [-0.3, -0.25) is 0 Å². The fraction of sp³-hybridized carbons (Fsp3) is 0.0612. The molecule has 0 radical (unpaired) electrons. The molecule has 0 spiro atoms. The Morgan fingerprint density at radius 1 is 0.528 bits per heavy atom. The summed E-state index contributed by atoms with van der Waals surface area (Å²) in [6, 6.07) is 57.8. The molecule has 0 aliphatic heterocycles. The van der Waals surface area contributed by atoms with Crippen molar-refractivity contribution >= 4 is 43.7 Å². The fourth-order valence-electron chi connectivity index (χ4n) is 8.85. The number of nitrogens with zero attached hydrogens (tertiary/aromatic N) is 3. The summed E-state index contributed by atoms with van der Waals surface area (Å²) in [6.07, 6.45) is 0. The molecule has 0 bridgehead atoms. The summed E-state index contributed by atoms with van der Waals surface area (Å²) in [5, 5.41) is 4.41. The lowest BCUT2D eigenvalue weighted by atomic mass is 9.81. The average Bonchev–Trinajstić information content (AvgIpc) is 3.84. The second-order valence-corrected chi connectivity index (χ2v) is 14.5. The molecule has 0 N–H and O–H groups in total. The summed E-state index contributed by atoms with van der Waals surface area (Å²) in [5.41, 5.74) is 14.9. The maximum Gasteiger partial charge on any atom is 0.161 e. The van der Waals surface area contributed by atoms with Gasteiger partial charge < -0.3 is 8.98 Å². The topological polar surface area (TPSA) is 43.9 Å². The summed E-state index contributed by atoms with van der Waals surface area (Å²) in [6.45, 7) is 4.71. The van der Waals surface area contributed by atoms with Crippen LogP contribution in [0.25, 0.3) is 94.5 Å². The molecule has 0 atom stereocenters. The number of para-hydroxylation sites is 1. The maximum absolute atomic E-state index is 7.01. The van der Waals surface area contributed by atoms with E-state index in [2.05, 4.69) is 170 Å². The van der Waals surface area contributed by atoms with Crippen molar-refractivity contribution in [2.24, 2.45) is 0 Å². The molecular formula is C49H33N3O. The second kappa shape index (κ2) is 11.1. The molecule has 11 rings (SSSR count). The minimum absolute atomic E-state index is 0.188. The summed E-state index contributed by atoms with van der Waals surface area (Å²) < 4.78 is 9.45. The molecule has 0 amide bonds. The van der Waals surface area contributed by atoms with Crippen LogP contribution in [0.1, 0.15) is 25.0 Å². The van der Waals surface area contributed by atoms with Gasteiger partial charge in [0.25, 0.3) is 0 Å². The number of benzene rings is 7. The number of hydrogen-bond donors (Lipinski definition) is 0. The van der Waals surface area contributed by atoms with Crippen molar-refractivity contribution in [3.63, 3.8) is 0 Å². The highest BCUT2D eigenvalue weighted by Crippen LogP contribution is 2.52. The lowest BCUT2D eigenvalue weighted by Crippen LogP contribution is -2.18. The molecule has 7 aromatic carbocycles. The predicted molar refractivity (Wildman–Crippen MR) is 218 cm³/mol. The fourth-order valence-corrected chi connectivity index (χ4v) is 8.85. The Kier molecular flexibility index (Phi) is 6.27. The number of hydrogen-bond acceptors (Lipinski definition) is 3. The first kappa shape index (κ1) is 29.9. The normalized spacial score (nSPS) is 13.2. The van der Waals surface area contributed by atoms with Gasteiger partial charge in [0.05, 0.1) is 28.1 Å². The van der Waals surface area contributed by atoms with Gasteiger partial charge in [0, 0.05) is 43.7 Å². The van der Waals surface area contributed by atoms with Crippen molar-refractivity contribution in [3.05, 3.63) is 175 Å². The van der Waals surface area contributed by atoms with Crippen LogP contribution in [0.15, 0.2) is 168 Å². The van der Waals surface area contributed by atoms with Crippen molar-refractivity contribution in [3.8, 4) is 50.7 Å². The summed E-state index contributed by atoms with van der Waals surface area (Å²) in [7, 11) is 0. The zero-order valence-electron chi connectivity index (χ0n) is 29.3. The van der Waals surface area contributed by atoms with Crippen molar-refractivity contribution < 1.29 is 4.42 Å². The van der Waals surface area contributed by atoms with Gasteiger partial charge >= 0.3 is 0 Å². The van der Waals surface area contributed by atoms with E-state index < -0.39 is 0 Å². The van der Waals surface area contributed by atoms with Gasteiger partial charge in [-0.05, 0) is 52.6 Å². The van der Waals surface area contributed by atoms with Crippen LogP contribution < -0.4 is 0 Å². The zero-order valence-corrected chi connectivity index (χ0v) is 29.3. The highest BCUT2D eigenvalue weighted by molar-refractivity contribution is 6.23. The lowest BCUT2D eigenvalue weighted by Gasteiger charge is -2.25. The Hall–Kier alpha value is -6.78. The Morgan fingerprint density at radius 3 is 1.92 bits per heavy atom. The standard InChI is InChI=1S/C49H33N3O/c1-49(2)38-23-11-9-19-32(38)34-21-13-25-42(45(34)49)52-41-24-12-10-20-33(41)35-27-28-36-44-37(22-14-26-43(44)53-47(36)46(35)52)48-50-39(30-15-5-3-6-16-30)29-40(51-48)31-17-7-4-8-18-31/h3-29H,1-2H3. The first-order valence-corrected chi connectivity index (χ1v) is 18.2. The van der Waals surface area contributed by atoms with E-state index in [-0.39, 0.29) is 5.41 Å². The van der Waals surface area contributed by atoms with E-state index in [0.717, 1.165) is 66.4 Å². The third-order valence-electron chi connectivity index (χ3n) is 11.2. The van der Waals surface area contributed by atoms with E-state index in [9.17, 15) is 0 Å². The third-order valence-corrected chi connectivity index (χ3v) is 11.2. The molecule has 4 heteroatoms. The first-order chi connectivity index (χ1) is 26.1. The highest BCUT2D eigenvalue weighted by atomic mass is 16.3. The molecule has 1 aliphatic rings. The summed E-state index contributed by atoms with van der Waals surface area (Å²) >= 11 is 0. The van der Waals surface area contributed by atoms with Crippen molar-refractivity contribution in [1.29, 1.82) is 0 Å². The maximum atomic E-state index is 7.01. The van der Waals surface area contributed by atoms with E-state index in [1.54, 1.807) is 0 Å². The number of aromatic nitrogens is 3. The third kappa shape index (κ3) is 4.30. The van der Waals surface area contributed by atoms with Gasteiger partial charge in [0.1, 0.15) is 5.58 Å². The molecule has 53 heavy (non-hydrogen) atoms.